The second-order valence-corrected chi connectivity index (χ2v) is 4.93. The molecule has 21 heavy (non-hydrogen) atoms. The smallest absolute Gasteiger partial charge is 0.548 e. The second kappa shape index (κ2) is 5.33. The molecule has 0 saturated heterocycles. The Kier molecular flexibility index (Phi) is 4.16. The van der Waals surface area contributed by atoms with E-state index < -0.39 is 41.9 Å². The number of rotatable bonds is 4. The van der Waals surface area contributed by atoms with Crippen LogP contribution in [0.3, 0.4) is 0 Å². The number of carbonyl (C=O) groups is 2. The zero-order valence-corrected chi connectivity index (χ0v) is 13.6. The molecule has 0 spiro atoms. The molecule has 6 nitrogen and oxygen atoms in total. The Labute approximate surface area is 140 Å². The summed E-state index contributed by atoms with van der Waals surface area (Å²) in [5.41, 5.74) is -0.543. The van der Waals surface area contributed by atoms with Gasteiger partial charge in [0, 0.05) is 11.5 Å². The van der Waals surface area contributed by atoms with Crippen LogP contribution in [0.5, 0.6) is 0 Å². The van der Waals surface area contributed by atoms with Gasteiger partial charge < -0.3 is 14.6 Å². The average molecular weight is 308 g/mol. The van der Waals surface area contributed by atoms with E-state index in [1.807, 2.05) is 0 Å². The first-order valence-electron chi connectivity index (χ1n) is 6.23. The fourth-order valence-electron chi connectivity index (χ4n) is 2.86. The number of alkyl halides is 2. The van der Waals surface area contributed by atoms with Gasteiger partial charge in [-0.3, -0.25) is 4.68 Å². The van der Waals surface area contributed by atoms with Crippen LogP contribution in [0.4, 0.5) is 8.78 Å². The number of carboxylic acid groups (broad SMARTS) is 1. The Morgan fingerprint density at radius 2 is 2.19 bits per heavy atom. The van der Waals surface area contributed by atoms with Crippen molar-refractivity contribution in [3.63, 3.8) is 0 Å². The Morgan fingerprint density at radius 3 is 2.76 bits per heavy atom. The Hall–Kier alpha value is -0.990. The molecular weight excluding hydrogens is 297 g/mol. The topological polar surface area (TPSA) is 84.2 Å². The number of halogens is 2. The number of nitrogens with zero attached hydrogens (tertiary/aromatic N) is 2. The van der Waals surface area contributed by atoms with Crippen LogP contribution in [0.1, 0.15) is 41.0 Å². The summed E-state index contributed by atoms with van der Waals surface area (Å²) < 4.78 is 33.7. The predicted octanol–water partition coefficient (Wildman–Crippen LogP) is -2.98. The van der Waals surface area contributed by atoms with Crippen LogP contribution in [-0.4, -0.2) is 28.3 Å². The quantitative estimate of drug-likeness (QED) is 0.438. The van der Waals surface area contributed by atoms with Gasteiger partial charge in [0.15, 0.2) is 5.69 Å². The Bertz CT molecular complexity index is 617. The molecule has 1 aromatic rings. The maximum Gasteiger partial charge on any atom is 1.00 e. The number of carbonyl (C=O) groups excluding carboxylic acids is 2. The largest absolute Gasteiger partial charge is 1.00 e. The molecule has 0 bridgehead atoms. The monoisotopic (exact) mass is 308 g/mol. The molecule has 2 aliphatic carbocycles. The van der Waals surface area contributed by atoms with Crippen molar-refractivity contribution in [2.45, 2.75) is 31.7 Å². The maximum absolute atomic E-state index is 14.1. The molecule has 1 saturated carbocycles. The zero-order valence-electron chi connectivity index (χ0n) is 11.6. The minimum absolute atomic E-state index is 0. The van der Waals surface area contributed by atoms with Gasteiger partial charge in [-0.05, 0) is 19.3 Å². The number of fused-ring (bicyclic) bond motifs is 3. The van der Waals surface area contributed by atoms with E-state index in [0.29, 0.717) is 4.68 Å². The maximum atomic E-state index is 14.1. The summed E-state index contributed by atoms with van der Waals surface area (Å²) in [4.78, 5) is 22.4. The van der Waals surface area contributed by atoms with Gasteiger partial charge in [-0.2, -0.15) is 13.9 Å². The van der Waals surface area contributed by atoms with Gasteiger partial charge in [-0.1, -0.05) is 0 Å². The predicted molar refractivity (Wildman–Crippen MR) is 57.9 cm³/mol. The standard InChI is InChI=1S/C12H12F2N2O4.Na/c1-2-20-11(19)9-8-5-3-6(5)12(13,14)10(8)16(15-9)4-7(17)18;/h5-6H,2-4H2,1H3,(H,17,18);/q;+1/p-1/t5-,6?;/m0./s1. The van der Waals surface area contributed by atoms with Gasteiger partial charge in [0.05, 0.1) is 19.1 Å². The molecule has 0 amide bonds. The molecule has 2 aliphatic rings. The summed E-state index contributed by atoms with van der Waals surface area (Å²) in [6, 6.07) is 0. The third kappa shape index (κ3) is 2.39. The second-order valence-electron chi connectivity index (χ2n) is 4.93. The van der Waals surface area contributed by atoms with Gasteiger partial charge in [0.25, 0.3) is 5.92 Å². The first kappa shape index (κ1) is 16.4. The molecule has 1 fully saturated rings. The number of ether oxygens (including phenoxy) is 1. The van der Waals surface area contributed by atoms with Gasteiger partial charge >= 0.3 is 35.5 Å². The van der Waals surface area contributed by atoms with E-state index >= 15 is 0 Å². The van der Waals surface area contributed by atoms with Crippen LogP contribution in [-0.2, 0) is 22.0 Å². The van der Waals surface area contributed by atoms with E-state index in [-0.39, 0.29) is 53.8 Å². The number of aromatic nitrogens is 2. The molecule has 1 heterocycles. The van der Waals surface area contributed by atoms with E-state index in [1.54, 1.807) is 6.92 Å². The molecule has 9 heteroatoms. The summed E-state index contributed by atoms with van der Waals surface area (Å²) in [5.74, 6) is -6.80. The summed E-state index contributed by atoms with van der Waals surface area (Å²) in [7, 11) is 0. The summed E-state index contributed by atoms with van der Waals surface area (Å²) in [5, 5.41) is 14.3. The van der Waals surface area contributed by atoms with Crippen molar-refractivity contribution < 1.29 is 57.8 Å². The summed E-state index contributed by atoms with van der Waals surface area (Å²) in [6.45, 7) is 0.868. The SMILES string of the molecule is CCOC(=O)c1nn(CC(=O)[O-])c2c1[C@H]1CC1C2(F)F.[Na+]. The third-order valence-electron chi connectivity index (χ3n) is 3.68. The van der Waals surface area contributed by atoms with Crippen LogP contribution in [0.25, 0.3) is 0 Å². The molecule has 0 aliphatic heterocycles. The van der Waals surface area contributed by atoms with E-state index in [4.69, 9.17) is 4.74 Å². The van der Waals surface area contributed by atoms with Crippen molar-refractivity contribution in [2.75, 3.05) is 6.61 Å². The van der Waals surface area contributed by atoms with E-state index in [1.165, 1.54) is 0 Å². The fraction of sp³-hybridized carbons (Fsp3) is 0.583. The molecule has 108 valence electrons. The van der Waals surface area contributed by atoms with Crippen molar-refractivity contribution in [3.05, 3.63) is 17.0 Å². The number of aliphatic carboxylic acids is 1. The number of hydrogen-bond acceptors (Lipinski definition) is 5. The van der Waals surface area contributed by atoms with Crippen LogP contribution in [0.15, 0.2) is 0 Å². The molecule has 2 atom stereocenters. The van der Waals surface area contributed by atoms with Crippen LogP contribution < -0.4 is 34.7 Å². The minimum atomic E-state index is -3.16. The molecule has 1 aromatic heterocycles. The first-order chi connectivity index (χ1) is 9.37. The third-order valence-corrected chi connectivity index (χ3v) is 3.68. The minimum Gasteiger partial charge on any atom is -0.548 e. The number of esters is 1. The van der Waals surface area contributed by atoms with E-state index in [9.17, 15) is 23.5 Å². The fourth-order valence-corrected chi connectivity index (χ4v) is 2.86. The average Bonchev–Trinajstić information content (AvgIpc) is 3.00. The van der Waals surface area contributed by atoms with Crippen molar-refractivity contribution in [1.82, 2.24) is 9.78 Å². The van der Waals surface area contributed by atoms with Gasteiger partial charge in [-0.25, -0.2) is 4.79 Å². The molecule has 0 N–H and O–H groups in total. The Balaban J connectivity index is 0.00000161. The number of carboxylic acids is 1. The van der Waals surface area contributed by atoms with Crippen LogP contribution >= 0.6 is 0 Å². The molecule has 0 aromatic carbocycles. The van der Waals surface area contributed by atoms with Gasteiger partial charge in [0.1, 0.15) is 5.69 Å². The summed E-state index contributed by atoms with van der Waals surface area (Å²) >= 11 is 0. The van der Waals surface area contributed by atoms with Crippen molar-refractivity contribution in [1.29, 1.82) is 0 Å². The number of hydrogen-bond donors (Lipinski definition) is 0. The molecular formula is C12H11F2N2NaO4. The molecule has 3 rings (SSSR count). The first-order valence-corrected chi connectivity index (χ1v) is 6.23. The molecule has 0 radical (unpaired) electrons. The van der Waals surface area contributed by atoms with Gasteiger partial charge in [0.2, 0.25) is 0 Å². The van der Waals surface area contributed by atoms with Crippen molar-refractivity contribution >= 4 is 11.9 Å². The van der Waals surface area contributed by atoms with E-state index in [2.05, 4.69) is 5.10 Å². The Morgan fingerprint density at radius 1 is 1.52 bits per heavy atom. The van der Waals surface area contributed by atoms with E-state index in [0.717, 1.165) is 0 Å². The summed E-state index contributed by atoms with van der Waals surface area (Å²) in [6.07, 6.45) is 0.281. The molecule has 1 unspecified atom stereocenters. The van der Waals surface area contributed by atoms with Crippen LogP contribution in [0, 0.1) is 5.92 Å². The van der Waals surface area contributed by atoms with Crippen LogP contribution in [0.2, 0.25) is 0 Å². The normalized spacial score (nSPS) is 23.8. The van der Waals surface area contributed by atoms with Gasteiger partial charge in [-0.15, -0.1) is 0 Å². The van der Waals surface area contributed by atoms with Crippen molar-refractivity contribution in [2.24, 2.45) is 5.92 Å². The zero-order chi connectivity index (χ0) is 14.7. The van der Waals surface area contributed by atoms with Crippen molar-refractivity contribution in [3.8, 4) is 0 Å².